The number of nitrogens with one attached hydrogen (secondary N) is 2. The quantitative estimate of drug-likeness (QED) is 0.344. The Kier molecular flexibility index (Phi) is 7.46. The SMILES string of the molecule is CC(NC(=O)C(=O)c1cc(C(=O)Nc2ccc(F)c(C#N)c2)n(C)c1Br)C(C)C(F)(F)F. The number of Topliss-reactive ketones (excluding diaryl/α,β-unsaturated/α-hetero) is 1. The first-order chi connectivity index (χ1) is 14.8. The second-order valence-electron chi connectivity index (χ2n) is 6.98. The van der Waals surface area contributed by atoms with E-state index in [0.717, 1.165) is 32.0 Å². The predicted molar refractivity (Wildman–Crippen MR) is 109 cm³/mol. The molecule has 170 valence electrons. The van der Waals surface area contributed by atoms with E-state index in [-0.39, 0.29) is 27.1 Å². The van der Waals surface area contributed by atoms with E-state index in [0.29, 0.717) is 0 Å². The molecule has 0 aliphatic rings. The molecule has 0 saturated carbocycles. The van der Waals surface area contributed by atoms with E-state index in [1.807, 2.05) is 5.32 Å². The number of benzene rings is 1. The van der Waals surface area contributed by atoms with Crippen molar-refractivity contribution in [1.29, 1.82) is 5.26 Å². The van der Waals surface area contributed by atoms with Gasteiger partial charge in [-0.25, -0.2) is 4.39 Å². The third-order valence-electron chi connectivity index (χ3n) is 4.81. The van der Waals surface area contributed by atoms with E-state index in [4.69, 9.17) is 5.26 Å². The molecule has 0 aliphatic carbocycles. The summed E-state index contributed by atoms with van der Waals surface area (Å²) in [5.74, 6) is -5.78. The second kappa shape index (κ2) is 9.52. The Morgan fingerprint density at radius 3 is 2.38 bits per heavy atom. The first-order valence-electron chi connectivity index (χ1n) is 9.06. The summed E-state index contributed by atoms with van der Waals surface area (Å²) in [6, 6.07) is 4.72. The molecule has 2 rings (SSSR count). The van der Waals surface area contributed by atoms with Crippen molar-refractivity contribution in [2.75, 3.05) is 5.32 Å². The van der Waals surface area contributed by atoms with Gasteiger partial charge >= 0.3 is 6.18 Å². The number of halogens is 5. The van der Waals surface area contributed by atoms with Gasteiger partial charge in [0.15, 0.2) is 0 Å². The van der Waals surface area contributed by atoms with Gasteiger partial charge in [0, 0.05) is 18.8 Å². The van der Waals surface area contributed by atoms with E-state index in [9.17, 15) is 31.9 Å². The normalized spacial score (nSPS) is 13.1. The highest BCUT2D eigenvalue weighted by atomic mass is 79.9. The van der Waals surface area contributed by atoms with Gasteiger partial charge in [0.2, 0.25) is 0 Å². The van der Waals surface area contributed by atoms with E-state index >= 15 is 0 Å². The summed E-state index contributed by atoms with van der Waals surface area (Å²) in [7, 11) is 1.41. The Morgan fingerprint density at radius 2 is 1.81 bits per heavy atom. The summed E-state index contributed by atoms with van der Waals surface area (Å²) in [5, 5.41) is 13.3. The van der Waals surface area contributed by atoms with E-state index in [1.165, 1.54) is 17.7 Å². The van der Waals surface area contributed by atoms with Crippen molar-refractivity contribution in [1.82, 2.24) is 9.88 Å². The molecule has 0 spiro atoms. The number of anilines is 1. The van der Waals surface area contributed by atoms with Crippen molar-refractivity contribution >= 4 is 39.2 Å². The summed E-state index contributed by atoms with van der Waals surface area (Å²) in [5.41, 5.74) is -0.483. The van der Waals surface area contributed by atoms with Crippen LogP contribution in [-0.4, -0.2) is 34.4 Å². The van der Waals surface area contributed by atoms with Crippen LogP contribution in [0.1, 0.15) is 40.3 Å². The number of amides is 2. The van der Waals surface area contributed by atoms with Gasteiger partial charge in [0.05, 0.1) is 21.6 Å². The number of ketones is 1. The molecule has 2 atom stereocenters. The van der Waals surface area contributed by atoms with Crippen LogP contribution in [0.5, 0.6) is 0 Å². The van der Waals surface area contributed by atoms with Crippen molar-refractivity contribution in [3.05, 3.63) is 51.5 Å². The fourth-order valence-electron chi connectivity index (χ4n) is 2.64. The zero-order valence-corrected chi connectivity index (χ0v) is 18.6. The van der Waals surface area contributed by atoms with Gasteiger partial charge in [0.1, 0.15) is 17.6 Å². The number of hydrogen-bond acceptors (Lipinski definition) is 4. The molecule has 2 amide bonds. The highest BCUT2D eigenvalue weighted by Crippen LogP contribution is 2.28. The van der Waals surface area contributed by atoms with Crippen LogP contribution < -0.4 is 10.6 Å². The van der Waals surface area contributed by atoms with E-state index in [1.54, 1.807) is 6.07 Å². The maximum Gasteiger partial charge on any atom is 0.393 e. The van der Waals surface area contributed by atoms with Crippen molar-refractivity contribution in [3.8, 4) is 6.07 Å². The number of nitrogens with zero attached hydrogens (tertiary/aromatic N) is 2. The zero-order chi connectivity index (χ0) is 24.4. The van der Waals surface area contributed by atoms with Crippen LogP contribution in [0.15, 0.2) is 28.9 Å². The minimum Gasteiger partial charge on any atom is -0.346 e. The molecular formula is C20H17BrF4N4O3. The Bertz CT molecular complexity index is 1120. The minimum absolute atomic E-state index is 0.0520. The van der Waals surface area contributed by atoms with Crippen LogP contribution in [0.25, 0.3) is 0 Å². The minimum atomic E-state index is -4.56. The first kappa shape index (κ1) is 25.1. The van der Waals surface area contributed by atoms with E-state index < -0.39 is 41.6 Å². The van der Waals surface area contributed by atoms with Crippen molar-refractivity contribution < 1.29 is 31.9 Å². The van der Waals surface area contributed by atoms with Crippen LogP contribution in [0.3, 0.4) is 0 Å². The third kappa shape index (κ3) is 5.34. The molecule has 0 fully saturated rings. The summed E-state index contributed by atoms with van der Waals surface area (Å²) < 4.78 is 53.1. The van der Waals surface area contributed by atoms with Gasteiger partial charge in [-0.1, -0.05) is 6.92 Å². The Hall–Kier alpha value is -3.20. The lowest BCUT2D eigenvalue weighted by Gasteiger charge is -2.23. The first-order valence-corrected chi connectivity index (χ1v) is 9.85. The number of carbonyl (C=O) groups is 3. The number of hydrogen-bond donors (Lipinski definition) is 2. The van der Waals surface area contributed by atoms with Gasteiger partial charge in [-0.05, 0) is 47.1 Å². The van der Waals surface area contributed by atoms with Crippen LogP contribution in [0, 0.1) is 23.1 Å². The van der Waals surface area contributed by atoms with Crippen LogP contribution in [-0.2, 0) is 11.8 Å². The molecule has 0 radical (unpaired) electrons. The molecule has 0 aliphatic heterocycles. The lowest BCUT2D eigenvalue weighted by Crippen LogP contribution is -2.45. The Labute approximate surface area is 188 Å². The number of nitriles is 1. The largest absolute Gasteiger partial charge is 0.393 e. The van der Waals surface area contributed by atoms with Crippen LogP contribution in [0.4, 0.5) is 23.2 Å². The third-order valence-corrected chi connectivity index (χ3v) is 5.77. The molecule has 0 bridgehead atoms. The smallest absolute Gasteiger partial charge is 0.346 e. The summed E-state index contributed by atoms with van der Waals surface area (Å²) in [4.78, 5) is 37.3. The molecule has 2 aromatic rings. The van der Waals surface area contributed by atoms with Gasteiger partial charge < -0.3 is 15.2 Å². The summed E-state index contributed by atoms with van der Waals surface area (Å²) >= 11 is 3.09. The summed E-state index contributed by atoms with van der Waals surface area (Å²) in [6.45, 7) is 2.00. The second-order valence-corrected chi connectivity index (χ2v) is 7.73. The summed E-state index contributed by atoms with van der Waals surface area (Å²) in [6.07, 6.45) is -4.56. The van der Waals surface area contributed by atoms with Crippen molar-refractivity contribution in [3.63, 3.8) is 0 Å². The monoisotopic (exact) mass is 516 g/mol. The lowest BCUT2D eigenvalue weighted by molar-refractivity contribution is -0.176. The average molecular weight is 517 g/mol. The Balaban J connectivity index is 2.22. The fraction of sp³-hybridized carbons (Fsp3) is 0.300. The standard InChI is InChI=1S/C20H17BrF4N4O3/c1-9(20(23,24)25)10(2)27-19(32)16(30)13-7-15(29(3)17(13)21)18(31)28-12-4-5-14(22)11(6-12)8-26/h4-7,9-10H,1-3H3,(H,27,32)(H,28,31). The van der Waals surface area contributed by atoms with Gasteiger partial charge in [-0.15, -0.1) is 0 Å². The van der Waals surface area contributed by atoms with Crippen molar-refractivity contribution in [2.24, 2.45) is 13.0 Å². The topological polar surface area (TPSA) is 104 Å². The molecule has 7 nitrogen and oxygen atoms in total. The number of alkyl halides is 3. The molecule has 1 aromatic carbocycles. The molecule has 32 heavy (non-hydrogen) atoms. The lowest BCUT2D eigenvalue weighted by atomic mass is 10.0. The highest BCUT2D eigenvalue weighted by Gasteiger charge is 2.40. The van der Waals surface area contributed by atoms with E-state index in [2.05, 4.69) is 21.2 Å². The van der Waals surface area contributed by atoms with Crippen LogP contribution >= 0.6 is 15.9 Å². The number of rotatable bonds is 6. The fourth-order valence-corrected chi connectivity index (χ4v) is 3.13. The Morgan fingerprint density at radius 1 is 1.19 bits per heavy atom. The average Bonchev–Trinajstić information content (AvgIpc) is 3.02. The van der Waals surface area contributed by atoms with Gasteiger partial charge in [-0.2, -0.15) is 18.4 Å². The maximum atomic E-state index is 13.4. The molecular weight excluding hydrogens is 500 g/mol. The molecule has 0 saturated heterocycles. The molecule has 1 aromatic heterocycles. The maximum absolute atomic E-state index is 13.4. The van der Waals surface area contributed by atoms with Crippen molar-refractivity contribution in [2.45, 2.75) is 26.1 Å². The highest BCUT2D eigenvalue weighted by molar-refractivity contribution is 9.10. The molecule has 12 heteroatoms. The molecule has 1 heterocycles. The van der Waals surface area contributed by atoms with Crippen LogP contribution in [0.2, 0.25) is 0 Å². The zero-order valence-electron chi connectivity index (χ0n) is 17.0. The van der Waals surface area contributed by atoms with Gasteiger partial charge in [0.25, 0.3) is 17.6 Å². The molecule has 2 N–H and O–H groups in total. The predicted octanol–water partition coefficient (Wildman–Crippen LogP) is 3.94. The van der Waals surface area contributed by atoms with Gasteiger partial charge in [-0.3, -0.25) is 14.4 Å². The molecule has 2 unspecified atom stereocenters. The number of aromatic nitrogens is 1. The number of carbonyl (C=O) groups excluding carboxylic acids is 3.